The molecule has 0 saturated heterocycles. The monoisotopic (exact) mass is 405 g/mol. The molecule has 1 aromatic carbocycles. The van der Waals surface area contributed by atoms with Crippen LogP contribution in [-0.4, -0.2) is 49.5 Å². The number of unbranched alkanes of at least 4 members (excludes halogenated alkanes) is 1. The number of benzene rings is 1. The Morgan fingerprint density at radius 1 is 1.17 bits per heavy atom. The third-order valence-corrected chi connectivity index (χ3v) is 4.49. The molecule has 0 radical (unpaired) electrons. The third kappa shape index (κ3) is 5.79. The van der Waals surface area contributed by atoms with E-state index >= 15 is 0 Å². The fraction of sp³-hybridized carbons (Fsp3) is 0.524. The van der Waals surface area contributed by atoms with E-state index in [-0.39, 0.29) is 38.4 Å². The fourth-order valence-corrected chi connectivity index (χ4v) is 2.91. The van der Waals surface area contributed by atoms with Crippen LogP contribution < -0.4 is 9.64 Å². The number of anilines is 1. The van der Waals surface area contributed by atoms with Crippen molar-refractivity contribution >= 4 is 29.3 Å². The molecule has 1 aromatic rings. The van der Waals surface area contributed by atoms with Crippen molar-refractivity contribution in [3.63, 3.8) is 0 Å². The molecule has 1 heterocycles. The quantitative estimate of drug-likeness (QED) is 0.335. The van der Waals surface area contributed by atoms with Crippen LogP contribution in [0.15, 0.2) is 18.2 Å². The van der Waals surface area contributed by atoms with Gasteiger partial charge in [-0.1, -0.05) is 13.3 Å². The molecule has 1 amide bonds. The Bertz CT molecular complexity index is 774. The van der Waals surface area contributed by atoms with Crippen LogP contribution in [0.25, 0.3) is 0 Å². The van der Waals surface area contributed by atoms with Crippen LogP contribution in [0.4, 0.5) is 5.69 Å². The predicted molar refractivity (Wildman–Crippen MR) is 105 cm³/mol. The summed E-state index contributed by atoms with van der Waals surface area (Å²) in [4.78, 5) is 50.0. The second-order valence-electron chi connectivity index (χ2n) is 6.66. The van der Waals surface area contributed by atoms with Crippen molar-refractivity contribution in [2.24, 2.45) is 0 Å². The Hall–Kier alpha value is -2.90. The van der Waals surface area contributed by atoms with Crippen LogP contribution in [0.1, 0.15) is 56.8 Å². The molecule has 8 nitrogen and oxygen atoms in total. The van der Waals surface area contributed by atoms with E-state index in [1.807, 2.05) is 6.92 Å². The van der Waals surface area contributed by atoms with E-state index < -0.39 is 23.9 Å². The number of Topliss-reactive ketones (excluding diaryl/α,β-unsaturated/α-hetero) is 1. The molecule has 1 aliphatic rings. The number of ether oxygens (including phenoxy) is 3. The SMILES string of the molecule is CCCCOC(=O)C(C)N1C(=O)COc2ccc(C(=O)CCC(=O)OCC)cc21. The molecule has 0 aromatic heterocycles. The average Bonchev–Trinajstić information content (AvgIpc) is 2.71. The molecule has 0 bridgehead atoms. The van der Waals surface area contributed by atoms with Crippen molar-refractivity contribution in [1.29, 1.82) is 0 Å². The van der Waals surface area contributed by atoms with E-state index in [4.69, 9.17) is 14.2 Å². The maximum Gasteiger partial charge on any atom is 0.328 e. The van der Waals surface area contributed by atoms with E-state index in [0.29, 0.717) is 17.0 Å². The van der Waals surface area contributed by atoms with Gasteiger partial charge in [0.15, 0.2) is 12.4 Å². The summed E-state index contributed by atoms with van der Waals surface area (Å²) in [5, 5.41) is 0. The van der Waals surface area contributed by atoms with Gasteiger partial charge < -0.3 is 14.2 Å². The van der Waals surface area contributed by atoms with Gasteiger partial charge in [0.05, 0.1) is 25.3 Å². The van der Waals surface area contributed by atoms with Crippen molar-refractivity contribution in [2.45, 2.75) is 52.5 Å². The topological polar surface area (TPSA) is 99.2 Å². The molecule has 8 heteroatoms. The molecule has 1 aliphatic heterocycles. The largest absolute Gasteiger partial charge is 0.482 e. The number of rotatable bonds is 10. The number of nitrogens with zero attached hydrogens (tertiary/aromatic N) is 1. The van der Waals surface area contributed by atoms with Gasteiger partial charge in [-0.05, 0) is 38.5 Å². The van der Waals surface area contributed by atoms with Crippen LogP contribution in [0.2, 0.25) is 0 Å². The number of fused-ring (bicyclic) bond motifs is 1. The Morgan fingerprint density at radius 3 is 2.62 bits per heavy atom. The van der Waals surface area contributed by atoms with Crippen LogP contribution in [0, 0.1) is 0 Å². The second kappa shape index (κ2) is 10.6. The lowest BCUT2D eigenvalue weighted by Gasteiger charge is -2.33. The first-order chi connectivity index (χ1) is 13.9. The van der Waals surface area contributed by atoms with Gasteiger partial charge in [0.1, 0.15) is 11.8 Å². The number of carbonyl (C=O) groups is 4. The smallest absolute Gasteiger partial charge is 0.328 e. The van der Waals surface area contributed by atoms with Crippen LogP contribution in [-0.2, 0) is 23.9 Å². The Kier molecular flexibility index (Phi) is 8.18. The first kappa shape index (κ1) is 22.4. The van der Waals surface area contributed by atoms with E-state index in [0.717, 1.165) is 12.8 Å². The van der Waals surface area contributed by atoms with Crippen molar-refractivity contribution in [3.05, 3.63) is 23.8 Å². The summed E-state index contributed by atoms with van der Waals surface area (Å²) in [5.74, 6) is -1.22. The molecule has 0 fully saturated rings. The van der Waals surface area contributed by atoms with E-state index in [1.165, 1.54) is 11.0 Å². The minimum atomic E-state index is -0.855. The number of hydrogen-bond acceptors (Lipinski definition) is 7. The maximum atomic E-state index is 12.5. The van der Waals surface area contributed by atoms with Crippen molar-refractivity contribution in [3.8, 4) is 5.75 Å². The van der Waals surface area contributed by atoms with E-state index in [1.54, 1.807) is 26.0 Å². The molecule has 1 unspecified atom stereocenters. The highest BCUT2D eigenvalue weighted by atomic mass is 16.5. The molecule has 0 saturated carbocycles. The van der Waals surface area contributed by atoms with Gasteiger partial charge in [-0.3, -0.25) is 19.3 Å². The summed E-state index contributed by atoms with van der Waals surface area (Å²) in [6.07, 6.45) is 1.59. The minimum Gasteiger partial charge on any atom is -0.482 e. The van der Waals surface area contributed by atoms with Gasteiger partial charge in [0.25, 0.3) is 5.91 Å². The number of carbonyl (C=O) groups excluding carboxylic acids is 4. The number of amides is 1. The zero-order valence-corrected chi connectivity index (χ0v) is 17.1. The van der Waals surface area contributed by atoms with Gasteiger partial charge in [-0.15, -0.1) is 0 Å². The number of ketones is 1. The lowest BCUT2D eigenvalue weighted by Crippen LogP contribution is -2.48. The average molecular weight is 405 g/mol. The summed E-state index contributed by atoms with van der Waals surface area (Å²) < 4.78 is 15.5. The molecule has 0 aliphatic carbocycles. The zero-order chi connectivity index (χ0) is 21.4. The molecule has 0 N–H and O–H groups in total. The van der Waals surface area contributed by atoms with Gasteiger partial charge in [0, 0.05) is 12.0 Å². The first-order valence-corrected chi connectivity index (χ1v) is 9.83. The molecule has 0 spiro atoms. The Balaban J connectivity index is 2.18. The summed E-state index contributed by atoms with van der Waals surface area (Å²) in [6, 6.07) is 3.81. The van der Waals surface area contributed by atoms with Crippen LogP contribution in [0.3, 0.4) is 0 Å². The fourth-order valence-electron chi connectivity index (χ4n) is 2.91. The summed E-state index contributed by atoms with van der Waals surface area (Å²) >= 11 is 0. The minimum absolute atomic E-state index is 0.0129. The standard InChI is InChI=1S/C21H27NO7/c1-4-6-11-28-21(26)14(3)22-16-12-15(7-9-18(16)29-13-19(22)24)17(23)8-10-20(25)27-5-2/h7,9,12,14H,4-6,8,10-11,13H2,1-3H3. The van der Waals surface area contributed by atoms with Crippen molar-refractivity contribution in [2.75, 3.05) is 24.7 Å². The zero-order valence-electron chi connectivity index (χ0n) is 17.1. The van der Waals surface area contributed by atoms with Gasteiger partial charge in [-0.2, -0.15) is 0 Å². The van der Waals surface area contributed by atoms with Crippen LogP contribution in [0.5, 0.6) is 5.75 Å². The summed E-state index contributed by atoms with van der Waals surface area (Å²) in [7, 11) is 0. The molecular weight excluding hydrogens is 378 g/mol. The molecular formula is C21H27NO7. The Morgan fingerprint density at radius 2 is 1.93 bits per heavy atom. The van der Waals surface area contributed by atoms with Crippen molar-refractivity contribution in [1.82, 2.24) is 0 Å². The highest BCUT2D eigenvalue weighted by molar-refractivity contribution is 6.05. The molecule has 1 atom stereocenters. The number of hydrogen-bond donors (Lipinski definition) is 0. The third-order valence-electron chi connectivity index (χ3n) is 4.49. The van der Waals surface area contributed by atoms with Crippen LogP contribution >= 0.6 is 0 Å². The van der Waals surface area contributed by atoms with E-state index in [2.05, 4.69) is 0 Å². The number of esters is 2. The molecule has 158 valence electrons. The highest BCUT2D eigenvalue weighted by Crippen LogP contribution is 2.35. The van der Waals surface area contributed by atoms with Gasteiger partial charge in [-0.25, -0.2) is 4.79 Å². The molecule has 2 rings (SSSR count). The lowest BCUT2D eigenvalue weighted by molar-refractivity contribution is -0.146. The highest BCUT2D eigenvalue weighted by Gasteiger charge is 2.34. The summed E-state index contributed by atoms with van der Waals surface area (Å²) in [5.41, 5.74) is 0.658. The predicted octanol–water partition coefficient (Wildman–Crippen LogP) is 2.67. The second-order valence-corrected chi connectivity index (χ2v) is 6.66. The molecule has 29 heavy (non-hydrogen) atoms. The van der Waals surface area contributed by atoms with Crippen molar-refractivity contribution < 1.29 is 33.4 Å². The Labute approximate surface area is 170 Å². The maximum absolute atomic E-state index is 12.5. The normalized spacial score (nSPS) is 13.9. The van der Waals surface area contributed by atoms with Gasteiger partial charge >= 0.3 is 11.9 Å². The van der Waals surface area contributed by atoms with Gasteiger partial charge in [0.2, 0.25) is 0 Å². The first-order valence-electron chi connectivity index (χ1n) is 9.83. The van der Waals surface area contributed by atoms with E-state index in [9.17, 15) is 19.2 Å². The lowest BCUT2D eigenvalue weighted by atomic mass is 10.0. The summed E-state index contributed by atoms with van der Waals surface area (Å²) in [6.45, 7) is 5.61.